The number of rotatable bonds is 9. The summed E-state index contributed by atoms with van der Waals surface area (Å²) in [6.45, 7) is 0. The highest BCUT2D eigenvalue weighted by Crippen LogP contribution is 2.39. The second kappa shape index (κ2) is 16.8. The lowest BCUT2D eigenvalue weighted by molar-refractivity contribution is 1.08. The smallest absolute Gasteiger partial charge is 0.179 e. The highest BCUT2D eigenvalue weighted by molar-refractivity contribution is 7.19. The number of hydrogen-bond acceptors (Lipinski definition) is 1. The van der Waals surface area contributed by atoms with E-state index in [1.54, 1.807) is 0 Å². The van der Waals surface area contributed by atoms with Gasteiger partial charge < -0.3 is 4.57 Å². The number of hydrogen-bond donors (Lipinski definition) is 0. The third-order valence-corrected chi connectivity index (χ3v) is 18.8. The number of para-hydroxylation sites is 3. The maximum Gasteiger partial charge on any atom is 0.179 e. The standard InChI is InChI=1S/C65H45N3Si/c1-6-21-46(22-7-1)50-43-60(49-23-20-32-55(41-49)69(52-26-10-3-11-27-52,53-28-12-4-13-29-53)54-30-14-5-15-31-54)66-65(45-50)68-62-36-19-17-34-57(62)59-42-47(38-40-63(59)68)48-37-39-58-56-33-16-18-35-61(56)67(64(58)44-48)51-24-8-2-9-25-51/h1-45H. The van der Waals surface area contributed by atoms with Crippen molar-refractivity contribution in [2.75, 3.05) is 0 Å². The van der Waals surface area contributed by atoms with Crippen molar-refractivity contribution in [2.45, 2.75) is 0 Å². The first-order valence-electron chi connectivity index (χ1n) is 23.7. The van der Waals surface area contributed by atoms with Crippen molar-refractivity contribution in [3.8, 4) is 45.0 Å². The summed E-state index contributed by atoms with van der Waals surface area (Å²) in [4.78, 5) is 5.66. The molecule has 0 aliphatic carbocycles. The molecule has 0 saturated heterocycles. The lowest BCUT2D eigenvalue weighted by Gasteiger charge is -2.34. The minimum atomic E-state index is -2.79. The zero-order valence-corrected chi connectivity index (χ0v) is 38.8. The minimum absolute atomic E-state index is 0.877. The predicted molar refractivity (Wildman–Crippen MR) is 293 cm³/mol. The Morgan fingerprint density at radius 3 is 1.39 bits per heavy atom. The number of benzene rings is 10. The summed E-state index contributed by atoms with van der Waals surface area (Å²) in [5.74, 6) is 0.877. The zero-order chi connectivity index (χ0) is 45.7. The molecule has 69 heavy (non-hydrogen) atoms. The normalized spacial score (nSPS) is 11.8. The van der Waals surface area contributed by atoms with Crippen LogP contribution in [0.5, 0.6) is 0 Å². The Morgan fingerprint density at radius 2 is 0.739 bits per heavy atom. The molecule has 0 fully saturated rings. The van der Waals surface area contributed by atoms with E-state index in [0.717, 1.165) is 44.9 Å². The maximum absolute atomic E-state index is 5.66. The SMILES string of the molecule is c1ccc(-c2cc(-c3cccc([Si](c4ccccc4)(c4ccccc4)c4ccccc4)c3)nc(-n3c4ccccc4c4cc(-c5ccc6c7ccccc7n(-c7ccccc7)c6c5)ccc43)c2)cc1. The summed E-state index contributed by atoms with van der Waals surface area (Å²) in [6, 6.07) is 99.9. The third-order valence-electron chi connectivity index (χ3n) is 14.1. The maximum atomic E-state index is 5.66. The van der Waals surface area contributed by atoms with E-state index in [4.69, 9.17) is 4.98 Å². The van der Waals surface area contributed by atoms with E-state index in [2.05, 4.69) is 282 Å². The molecular formula is C65H45N3Si. The fourth-order valence-corrected chi connectivity index (χ4v) is 15.8. The minimum Gasteiger partial charge on any atom is -0.309 e. The Hall–Kier alpha value is -8.83. The van der Waals surface area contributed by atoms with Gasteiger partial charge in [0.05, 0.1) is 27.8 Å². The van der Waals surface area contributed by atoms with Gasteiger partial charge in [-0.2, -0.15) is 0 Å². The summed E-state index contributed by atoms with van der Waals surface area (Å²) >= 11 is 0. The summed E-state index contributed by atoms with van der Waals surface area (Å²) in [5.41, 5.74) is 12.4. The van der Waals surface area contributed by atoms with Gasteiger partial charge >= 0.3 is 0 Å². The first-order chi connectivity index (χ1) is 34.2. The van der Waals surface area contributed by atoms with Crippen molar-refractivity contribution in [3.05, 3.63) is 273 Å². The van der Waals surface area contributed by atoms with E-state index >= 15 is 0 Å². The largest absolute Gasteiger partial charge is 0.309 e. The van der Waals surface area contributed by atoms with Gasteiger partial charge in [0.2, 0.25) is 0 Å². The van der Waals surface area contributed by atoms with Gasteiger partial charge in [0.1, 0.15) is 5.82 Å². The summed E-state index contributed by atoms with van der Waals surface area (Å²) in [5, 5.41) is 10.2. The molecular weight excluding hydrogens is 851 g/mol. The Kier molecular flexibility index (Phi) is 9.85. The molecule has 0 spiro atoms. The van der Waals surface area contributed by atoms with Gasteiger partial charge in [0.15, 0.2) is 8.07 Å². The first kappa shape index (κ1) is 40.4. The van der Waals surface area contributed by atoms with Crippen molar-refractivity contribution in [3.63, 3.8) is 0 Å². The summed E-state index contributed by atoms with van der Waals surface area (Å²) < 4.78 is 4.76. The van der Waals surface area contributed by atoms with Gasteiger partial charge in [-0.3, -0.25) is 4.57 Å². The Labute approximate surface area is 402 Å². The predicted octanol–water partition coefficient (Wildman–Crippen LogP) is 13.7. The van der Waals surface area contributed by atoms with Crippen LogP contribution in [0.4, 0.5) is 0 Å². The van der Waals surface area contributed by atoms with Crippen molar-refractivity contribution >= 4 is 72.4 Å². The molecule has 0 unspecified atom stereocenters. The van der Waals surface area contributed by atoms with Crippen LogP contribution in [-0.4, -0.2) is 22.2 Å². The average Bonchev–Trinajstić information content (AvgIpc) is 3.95. The molecule has 0 atom stereocenters. The van der Waals surface area contributed by atoms with Gasteiger partial charge in [-0.1, -0.05) is 218 Å². The van der Waals surface area contributed by atoms with Crippen molar-refractivity contribution in [1.29, 1.82) is 0 Å². The van der Waals surface area contributed by atoms with Crippen LogP contribution in [0.2, 0.25) is 0 Å². The molecule has 13 aromatic rings. The molecule has 3 heterocycles. The fraction of sp³-hybridized carbons (Fsp3) is 0. The van der Waals surface area contributed by atoms with E-state index in [1.807, 2.05) is 0 Å². The molecule has 0 radical (unpaired) electrons. The monoisotopic (exact) mass is 895 g/mol. The molecule has 0 aliphatic rings. The quantitative estimate of drug-likeness (QED) is 0.105. The van der Waals surface area contributed by atoms with Crippen molar-refractivity contribution in [1.82, 2.24) is 14.1 Å². The van der Waals surface area contributed by atoms with E-state index in [0.29, 0.717) is 0 Å². The van der Waals surface area contributed by atoms with Crippen LogP contribution < -0.4 is 20.7 Å². The molecule has 0 bridgehead atoms. The van der Waals surface area contributed by atoms with E-state index in [-0.39, 0.29) is 0 Å². The van der Waals surface area contributed by atoms with Crippen LogP contribution in [-0.2, 0) is 0 Å². The molecule has 324 valence electrons. The average molecular weight is 896 g/mol. The van der Waals surface area contributed by atoms with E-state index in [9.17, 15) is 0 Å². The van der Waals surface area contributed by atoms with Crippen LogP contribution in [0.3, 0.4) is 0 Å². The van der Waals surface area contributed by atoms with Crippen LogP contribution in [0, 0.1) is 0 Å². The third kappa shape index (κ3) is 6.76. The molecule has 0 N–H and O–H groups in total. The van der Waals surface area contributed by atoms with E-state index in [1.165, 1.54) is 64.5 Å². The number of fused-ring (bicyclic) bond motifs is 6. The van der Waals surface area contributed by atoms with Crippen molar-refractivity contribution in [2.24, 2.45) is 0 Å². The van der Waals surface area contributed by atoms with Gasteiger partial charge in [-0.05, 0) is 97.6 Å². The summed E-state index contributed by atoms with van der Waals surface area (Å²) in [7, 11) is -2.79. The number of aromatic nitrogens is 3. The topological polar surface area (TPSA) is 22.8 Å². The molecule has 3 nitrogen and oxygen atoms in total. The van der Waals surface area contributed by atoms with Gasteiger partial charge in [0, 0.05) is 32.8 Å². The fourth-order valence-electron chi connectivity index (χ4n) is 11.0. The highest BCUT2D eigenvalue weighted by atomic mass is 28.3. The van der Waals surface area contributed by atoms with Crippen LogP contribution in [0.15, 0.2) is 273 Å². The molecule has 13 rings (SSSR count). The zero-order valence-electron chi connectivity index (χ0n) is 37.8. The Balaban J connectivity index is 1.00. The molecule has 10 aromatic carbocycles. The Bertz CT molecular complexity index is 3900. The molecule has 3 aromatic heterocycles. The number of pyridine rings is 1. The van der Waals surface area contributed by atoms with Crippen LogP contribution in [0.1, 0.15) is 0 Å². The second-order valence-electron chi connectivity index (χ2n) is 17.9. The van der Waals surface area contributed by atoms with Gasteiger partial charge in [-0.15, -0.1) is 0 Å². The Morgan fingerprint density at radius 1 is 0.261 bits per heavy atom. The molecule has 0 amide bonds. The highest BCUT2D eigenvalue weighted by Gasteiger charge is 2.41. The first-order valence-corrected chi connectivity index (χ1v) is 25.7. The molecule has 4 heteroatoms. The lowest BCUT2D eigenvalue weighted by atomic mass is 10.0. The molecule has 0 saturated carbocycles. The van der Waals surface area contributed by atoms with Gasteiger partial charge in [0.25, 0.3) is 0 Å². The number of nitrogens with zero attached hydrogens (tertiary/aromatic N) is 3. The molecule has 0 aliphatic heterocycles. The van der Waals surface area contributed by atoms with Crippen LogP contribution >= 0.6 is 0 Å². The lowest BCUT2D eigenvalue weighted by Crippen LogP contribution is -2.74. The summed E-state index contributed by atoms with van der Waals surface area (Å²) in [6.07, 6.45) is 0. The van der Waals surface area contributed by atoms with Crippen molar-refractivity contribution < 1.29 is 0 Å². The van der Waals surface area contributed by atoms with E-state index < -0.39 is 8.07 Å². The van der Waals surface area contributed by atoms with Crippen LogP contribution in [0.25, 0.3) is 88.6 Å². The second-order valence-corrected chi connectivity index (χ2v) is 21.7. The van der Waals surface area contributed by atoms with Gasteiger partial charge in [-0.25, -0.2) is 4.98 Å².